The molecule has 0 spiro atoms. The van der Waals surface area contributed by atoms with E-state index in [9.17, 15) is 8.42 Å². The first-order valence-corrected chi connectivity index (χ1v) is 12.5. The number of halogens is 1. The van der Waals surface area contributed by atoms with Crippen LogP contribution in [0.25, 0.3) is 10.9 Å². The monoisotopic (exact) mass is 475 g/mol. The van der Waals surface area contributed by atoms with Crippen molar-refractivity contribution in [2.24, 2.45) is 5.10 Å². The van der Waals surface area contributed by atoms with Gasteiger partial charge < -0.3 is 0 Å². The Hall–Kier alpha value is -3.22. The lowest BCUT2D eigenvalue weighted by Gasteiger charge is -2.24. The smallest absolute Gasteiger partial charge is 0.236 e. The highest BCUT2D eigenvalue weighted by Gasteiger charge is 2.39. The minimum atomic E-state index is -3.90. The molecule has 0 radical (unpaired) electrons. The molecule has 1 aliphatic heterocycles. The van der Waals surface area contributed by atoms with Crippen molar-refractivity contribution in [3.8, 4) is 0 Å². The van der Waals surface area contributed by atoms with Gasteiger partial charge >= 0.3 is 0 Å². The Balaban J connectivity index is 1.65. The molecule has 33 heavy (non-hydrogen) atoms. The molecule has 0 N–H and O–H groups in total. The van der Waals surface area contributed by atoms with E-state index in [4.69, 9.17) is 11.6 Å². The fourth-order valence-corrected chi connectivity index (χ4v) is 5.78. The summed E-state index contributed by atoms with van der Waals surface area (Å²) in [6, 6.07) is 23.5. The molecule has 1 atom stereocenters. The molecule has 2 heterocycles. The zero-order valence-corrected chi connectivity index (χ0v) is 19.8. The topological polar surface area (TPSA) is 62.6 Å². The lowest BCUT2D eigenvalue weighted by Crippen LogP contribution is -2.27. The predicted octanol–water partition coefficient (Wildman–Crippen LogP) is 6.05. The van der Waals surface area contributed by atoms with Gasteiger partial charge in [0.25, 0.3) is 10.0 Å². The molecule has 4 aromatic rings. The average molecular weight is 476 g/mol. The van der Waals surface area contributed by atoms with Crippen LogP contribution in [0.1, 0.15) is 34.7 Å². The van der Waals surface area contributed by atoms with Crippen LogP contribution in [-0.2, 0) is 10.0 Å². The van der Waals surface area contributed by atoms with E-state index in [1.165, 1.54) is 4.41 Å². The first-order valence-electron chi connectivity index (χ1n) is 10.6. The first kappa shape index (κ1) is 21.6. The molecule has 0 saturated heterocycles. The van der Waals surface area contributed by atoms with Crippen LogP contribution in [0.3, 0.4) is 0 Å². The fraction of sp³-hybridized carbons (Fsp3) is 0.154. The van der Waals surface area contributed by atoms with Crippen LogP contribution in [-0.4, -0.2) is 23.5 Å². The van der Waals surface area contributed by atoms with Crippen molar-refractivity contribution in [1.82, 2.24) is 9.40 Å². The maximum atomic E-state index is 13.6. The van der Waals surface area contributed by atoms with E-state index in [0.29, 0.717) is 17.7 Å². The Bertz CT molecular complexity index is 1480. The molecule has 1 aromatic heterocycles. The van der Waals surface area contributed by atoms with E-state index in [2.05, 4.69) is 10.1 Å². The summed E-state index contributed by atoms with van der Waals surface area (Å²) in [6.45, 7) is 4.01. The van der Waals surface area contributed by atoms with Crippen molar-refractivity contribution < 1.29 is 8.42 Å². The number of pyridine rings is 1. The van der Waals surface area contributed by atoms with Crippen molar-refractivity contribution in [3.63, 3.8) is 0 Å². The maximum absolute atomic E-state index is 13.6. The van der Waals surface area contributed by atoms with E-state index >= 15 is 0 Å². The second kappa shape index (κ2) is 8.28. The zero-order chi connectivity index (χ0) is 23.2. The number of aromatic nitrogens is 1. The van der Waals surface area contributed by atoms with Crippen molar-refractivity contribution in [1.29, 1.82) is 0 Å². The first-order chi connectivity index (χ1) is 15.8. The number of hydrazone groups is 1. The third-order valence-corrected chi connectivity index (χ3v) is 7.86. The summed E-state index contributed by atoms with van der Waals surface area (Å²) in [5.74, 6) is 0. The van der Waals surface area contributed by atoms with E-state index in [1.807, 2.05) is 62.4 Å². The predicted molar refractivity (Wildman–Crippen MR) is 132 cm³/mol. The van der Waals surface area contributed by atoms with Crippen LogP contribution in [0.15, 0.2) is 88.9 Å². The molecule has 0 saturated carbocycles. The van der Waals surface area contributed by atoms with Crippen LogP contribution in [0.4, 0.5) is 0 Å². The Morgan fingerprint density at radius 3 is 2.33 bits per heavy atom. The summed E-state index contributed by atoms with van der Waals surface area (Å²) >= 11 is 6.63. The molecule has 166 valence electrons. The summed E-state index contributed by atoms with van der Waals surface area (Å²) < 4.78 is 28.4. The zero-order valence-electron chi connectivity index (χ0n) is 18.2. The minimum absolute atomic E-state index is 0.185. The van der Waals surface area contributed by atoms with Gasteiger partial charge in [-0.3, -0.25) is 0 Å². The van der Waals surface area contributed by atoms with Gasteiger partial charge in [0.2, 0.25) is 0 Å². The van der Waals surface area contributed by atoms with Gasteiger partial charge in [-0.1, -0.05) is 71.8 Å². The van der Waals surface area contributed by atoms with Gasteiger partial charge in [0, 0.05) is 17.4 Å². The van der Waals surface area contributed by atoms with Crippen molar-refractivity contribution in [2.45, 2.75) is 31.2 Å². The highest BCUT2D eigenvalue weighted by molar-refractivity contribution is 7.89. The van der Waals surface area contributed by atoms with Gasteiger partial charge in [0.05, 0.1) is 22.2 Å². The number of benzene rings is 3. The lowest BCUT2D eigenvalue weighted by atomic mass is 9.98. The molecule has 0 fully saturated rings. The number of rotatable bonds is 4. The van der Waals surface area contributed by atoms with Crippen molar-refractivity contribution in [2.75, 3.05) is 0 Å². The number of hydrogen-bond acceptors (Lipinski definition) is 4. The van der Waals surface area contributed by atoms with Gasteiger partial charge in [0.1, 0.15) is 5.15 Å². The molecule has 0 unspecified atom stereocenters. The summed E-state index contributed by atoms with van der Waals surface area (Å²) in [6.07, 6.45) is 0.397. The van der Waals surface area contributed by atoms with Crippen LogP contribution in [0.2, 0.25) is 5.15 Å². The molecular weight excluding hydrogens is 454 g/mol. The largest absolute Gasteiger partial charge is 0.279 e. The molecular formula is C26H22ClN3O2S. The van der Waals surface area contributed by atoms with E-state index in [0.717, 1.165) is 27.6 Å². The van der Waals surface area contributed by atoms with E-state index in [1.54, 1.807) is 30.3 Å². The molecule has 1 aliphatic rings. The molecule has 5 nitrogen and oxygen atoms in total. The molecule has 0 amide bonds. The summed E-state index contributed by atoms with van der Waals surface area (Å²) in [7, 11) is -3.90. The molecule has 5 rings (SSSR count). The van der Waals surface area contributed by atoms with Gasteiger partial charge in [-0.15, -0.1) is 0 Å². The van der Waals surface area contributed by atoms with Crippen LogP contribution < -0.4 is 0 Å². The van der Waals surface area contributed by atoms with Crippen molar-refractivity contribution >= 4 is 38.2 Å². The summed E-state index contributed by atoms with van der Waals surface area (Å²) in [5, 5.41) is 5.79. The summed E-state index contributed by atoms with van der Waals surface area (Å²) in [4.78, 5) is 4.76. The quantitative estimate of drug-likeness (QED) is 0.338. The standard InChI is InChI=1S/C26H22ClN3O2S/c1-17-8-11-19(12-9-17)24-16-25(30(29-24)33(31,32)21-6-4-3-5-7-21)22-15-20-13-10-18(2)14-23(20)28-26(22)27/h3-15,25H,16H2,1-2H3/t25-/m0/s1. The Morgan fingerprint density at radius 1 is 0.909 bits per heavy atom. The third kappa shape index (κ3) is 4.01. The van der Waals surface area contributed by atoms with Crippen LogP contribution in [0, 0.1) is 13.8 Å². The van der Waals surface area contributed by atoms with Gasteiger partial charge in [0.15, 0.2) is 0 Å². The SMILES string of the molecule is Cc1ccc(C2=NN(S(=O)(=O)c3ccccc3)[C@H](c3cc4ccc(C)cc4nc3Cl)C2)cc1. The number of nitrogens with zero attached hydrogens (tertiary/aromatic N) is 3. The maximum Gasteiger partial charge on any atom is 0.279 e. The fourth-order valence-electron chi connectivity index (χ4n) is 4.07. The second-order valence-corrected chi connectivity index (χ2v) is 10.4. The Kier molecular flexibility index (Phi) is 5.43. The van der Waals surface area contributed by atoms with E-state index in [-0.39, 0.29) is 10.0 Å². The number of fused-ring (bicyclic) bond motifs is 1. The van der Waals surface area contributed by atoms with E-state index < -0.39 is 16.1 Å². The summed E-state index contributed by atoms with van der Waals surface area (Å²) in [5.41, 5.74) is 5.20. The Labute approximate surface area is 198 Å². The number of sulfonamides is 1. The normalized spacial score (nSPS) is 16.3. The number of aryl methyl sites for hydroxylation is 2. The van der Waals surface area contributed by atoms with Gasteiger partial charge in [-0.05, 0) is 49.2 Å². The Morgan fingerprint density at radius 2 is 1.61 bits per heavy atom. The highest BCUT2D eigenvalue weighted by atomic mass is 35.5. The van der Waals surface area contributed by atoms with Gasteiger partial charge in [-0.2, -0.15) is 17.9 Å². The average Bonchev–Trinajstić information content (AvgIpc) is 3.26. The lowest BCUT2D eigenvalue weighted by molar-refractivity contribution is 0.371. The molecule has 3 aromatic carbocycles. The third-order valence-electron chi connectivity index (χ3n) is 5.86. The van der Waals surface area contributed by atoms with Gasteiger partial charge in [-0.25, -0.2) is 4.98 Å². The molecule has 0 bridgehead atoms. The molecule has 0 aliphatic carbocycles. The second-order valence-electron chi connectivity index (χ2n) is 8.29. The number of hydrogen-bond donors (Lipinski definition) is 0. The minimum Gasteiger partial charge on any atom is -0.236 e. The van der Waals surface area contributed by atoms with Crippen molar-refractivity contribution in [3.05, 3.63) is 106 Å². The van der Waals surface area contributed by atoms with Crippen LogP contribution >= 0.6 is 11.6 Å². The molecule has 7 heteroatoms. The highest BCUT2D eigenvalue weighted by Crippen LogP contribution is 2.40. The van der Waals surface area contributed by atoms with Crippen LogP contribution in [0.5, 0.6) is 0 Å².